The van der Waals surface area contributed by atoms with E-state index in [9.17, 15) is 10.2 Å². The molecule has 0 saturated carbocycles. The number of aromatic nitrogens is 3. The van der Waals surface area contributed by atoms with Gasteiger partial charge in [-0.25, -0.2) is 9.97 Å². The summed E-state index contributed by atoms with van der Waals surface area (Å²) in [7, 11) is 0. The SMILES string of the molecule is Cc1c(C)n(C2CC(O)C(CO)O2)c2ncnc(N)c12. The van der Waals surface area contributed by atoms with Crippen molar-refractivity contribution in [2.45, 2.75) is 38.7 Å². The summed E-state index contributed by atoms with van der Waals surface area (Å²) in [5, 5.41) is 19.9. The van der Waals surface area contributed by atoms with Crippen molar-refractivity contribution < 1.29 is 14.9 Å². The molecule has 2 aromatic heterocycles. The highest BCUT2D eigenvalue weighted by Crippen LogP contribution is 2.36. The number of aliphatic hydroxyl groups excluding tert-OH is 2. The number of hydrogen-bond acceptors (Lipinski definition) is 6. The summed E-state index contributed by atoms with van der Waals surface area (Å²) >= 11 is 0. The van der Waals surface area contributed by atoms with Crippen LogP contribution < -0.4 is 5.73 Å². The van der Waals surface area contributed by atoms with Gasteiger partial charge in [0.25, 0.3) is 0 Å². The van der Waals surface area contributed by atoms with Gasteiger partial charge >= 0.3 is 0 Å². The van der Waals surface area contributed by atoms with Crippen LogP contribution in [0.3, 0.4) is 0 Å². The standard InChI is InChI=1S/C13H18N4O3/c1-6-7(2)17(10-3-8(19)9(4-18)20-10)13-11(6)12(14)15-5-16-13/h5,8-10,18-19H,3-4H2,1-2H3,(H2,14,15,16). The summed E-state index contributed by atoms with van der Waals surface area (Å²) in [5.41, 5.74) is 8.60. The van der Waals surface area contributed by atoms with Gasteiger partial charge in [-0.1, -0.05) is 0 Å². The van der Waals surface area contributed by atoms with Gasteiger partial charge in [-0.05, 0) is 19.4 Å². The van der Waals surface area contributed by atoms with Crippen LogP contribution in [0.4, 0.5) is 5.82 Å². The Morgan fingerprint density at radius 2 is 2.20 bits per heavy atom. The van der Waals surface area contributed by atoms with E-state index in [0.717, 1.165) is 16.6 Å². The lowest BCUT2D eigenvalue weighted by atomic mass is 10.2. The highest BCUT2D eigenvalue weighted by molar-refractivity contribution is 5.90. The third-order valence-corrected chi connectivity index (χ3v) is 4.04. The maximum absolute atomic E-state index is 9.89. The van der Waals surface area contributed by atoms with Gasteiger partial charge in [-0.3, -0.25) is 0 Å². The molecule has 0 aliphatic carbocycles. The van der Waals surface area contributed by atoms with Gasteiger partial charge in [0.2, 0.25) is 0 Å². The number of aliphatic hydroxyl groups is 2. The normalized spacial score (nSPS) is 26.5. The Bertz CT molecular complexity index is 655. The van der Waals surface area contributed by atoms with Crippen LogP contribution in [0, 0.1) is 13.8 Å². The molecule has 1 fully saturated rings. The largest absolute Gasteiger partial charge is 0.394 e. The van der Waals surface area contributed by atoms with Crippen molar-refractivity contribution in [1.29, 1.82) is 0 Å². The molecular weight excluding hydrogens is 260 g/mol. The summed E-state index contributed by atoms with van der Waals surface area (Å²) in [4.78, 5) is 8.31. The molecule has 2 aromatic rings. The highest BCUT2D eigenvalue weighted by Gasteiger charge is 2.36. The highest BCUT2D eigenvalue weighted by atomic mass is 16.5. The van der Waals surface area contributed by atoms with E-state index < -0.39 is 12.2 Å². The molecule has 0 amide bonds. The number of nitrogens with two attached hydrogens (primary N) is 1. The van der Waals surface area contributed by atoms with E-state index >= 15 is 0 Å². The van der Waals surface area contributed by atoms with E-state index in [4.69, 9.17) is 10.5 Å². The number of nitrogen functional groups attached to an aromatic ring is 1. The molecule has 1 aliphatic heterocycles. The molecule has 7 nitrogen and oxygen atoms in total. The number of anilines is 1. The van der Waals surface area contributed by atoms with Crippen LogP contribution in [0.25, 0.3) is 11.0 Å². The summed E-state index contributed by atoms with van der Waals surface area (Å²) in [6.07, 6.45) is 0.242. The third-order valence-electron chi connectivity index (χ3n) is 4.04. The van der Waals surface area contributed by atoms with Crippen LogP contribution in [0.5, 0.6) is 0 Å². The van der Waals surface area contributed by atoms with E-state index in [0.29, 0.717) is 17.9 Å². The number of aryl methyl sites for hydroxylation is 1. The van der Waals surface area contributed by atoms with Gasteiger partial charge in [0.1, 0.15) is 30.1 Å². The van der Waals surface area contributed by atoms with E-state index in [1.807, 2.05) is 18.4 Å². The zero-order chi connectivity index (χ0) is 14.4. The van der Waals surface area contributed by atoms with Gasteiger partial charge in [0.05, 0.1) is 18.1 Å². The number of ether oxygens (including phenoxy) is 1. The second kappa shape index (κ2) is 4.69. The molecule has 3 atom stereocenters. The van der Waals surface area contributed by atoms with Crippen molar-refractivity contribution in [2.75, 3.05) is 12.3 Å². The van der Waals surface area contributed by atoms with Crippen molar-refractivity contribution in [3.05, 3.63) is 17.6 Å². The molecule has 20 heavy (non-hydrogen) atoms. The molecule has 1 saturated heterocycles. The quantitative estimate of drug-likeness (QED) is 0.728. The third kappa shape index (κ3) is 1.78. The lowest BCUT2D eigenvalue weighted by Gasteiger charge is -2.16. The molecule has 3 heterocycles. The Balaban J connectivity index is 2.13. The first-order valence-corrected chi connectivity index (χ1v) is 6.56. The van der Waals surface area contributed by atoms with Crippen molar-refractivity contribution in [1.82, 2.24) is 14.5 Å². The van der Waals surface area contributed by atoms with Crippen LogP contribution in [0.1, 0.15) is 23.9 Å². The fourth-order valence-corrected chi connectivity index (χ4v) is 2.84. The predicted molar refractivity (Wildman–Crippen MR) is 73.0 cm³/mol. The topological polar surface area (TPSA) is 106 Å². The van der Waals surface area contributed by atoms with Crippen LogP contribution in [0.15, 0.2) is 6.33 Å². The van der Waals surface area contributed by atoms with E-state index in [1.54, 1.807) is 0 Å². The van der Waals surface area contributed by atoms with Crippen LogP contribution >= 0.6 is 0 Å². The zero-order valence-corrected chi connectivity index (χ0v) is 11.4. The molecule has 0 aromatic carbocycles. The lowest BCUT2D eigenvalue weighted by Crippen LogP contribution is -2.24. The van der Waals surface area contributed by atoms with E-state index in [2.05, 4.69) is 9.97 Å². The number of rotatable bonds is 2. The average Bonchev–Trinajstić information content (AvgIpc) is 2.90. The van der Waals surface area contributed by atoms with Crippen molar-refractivity contribution in [2.24, 2.45) is 0 Å². The smallest absolute Gasteiger partial charge is 0.148 e. The molecular formula is C13H18N4O3. The number of nitrogens with zero attached hydrogens (tertiary/aromatic N) is 3. The minimum absolute atomic E-state index is 0.202. The van der Waals surface area contributed by atoms with Crippen LogP contribution in [0.2, 0.25) is 0 Å². The molecule has 0 spiro atoms. The maximum Gasteiger partial charge on any atom is 0.148 e. The summed E-state index contributed by atoms with van der Waals surface area (Å²) < 4.78 is 7.63. The molecule has 3 unspecified atom stereocenters. The first-order chi connectivity index (χ1) is 9.54. The first kappa shape index (κ1) is 13.3. The molecule has 108 valence electrons. The van der Waals surface area contributed by atoms with Gasteiger partial charge in [0, 0.05) is 12.1 Å². The molecule has 3 rings (SSSR count). The van der Waals surface area contributed by atoms with Gasteiger partial charge in [0.15, 0.2) is 0 Å². The Hall–Kier alpha value is -1.70. The Morgan fingerprint density at radius 1 is 1.45 bits per heavy atom. The van der Waals surface area contributed by atoms with Crippen LogP contribution in [-0.4, -0.2) is 43.6 Å². The van der Waals surface area contributed by atoms with Gasteiger partial charge in [-0.2, -0.15) is 0 Å². The van der Waals surface area contributed by atoms with Crippen LogP contribution in [-0.2, 0) is 4.74 Å². The molecule has 4 N–H and O–H groups in total. The van der Waals surface area contributed by atoms with Gasteiger partial charge < -0.3 is 25.3 Å². The van der Waals surface area contributed by atoms with Crippen molar-refractivity contribution in [3.63, 3.8) is 0 Å². The Kier molecular flexibility index (Phi) is 3.12. The molecule has 1 aliphatic rings. The van der Waals surface area contributed by atoms with E-state index in [-0.39, 0.29) is 12.8 Å². The number of hydrogen-bond donors (Lipinski definition) is 3. The second-order valence-electron chi connectivity index (χ2n) is 5.15. The lowest BCUT2D eigenvalue weighted by molar-refractivity contribution is -0.0436. The fourth-order valence-electron chi connectivity index (χ4n) is 2.84. The first-order valence-electron chi connectivity index (χ1n) is 6.56. The maximum atomic E-state index is 9.89. The molecule has 0 bridgehead atoms. The van der Waals surface area contributed by atoms with Crippen molar-refractivity contribution >= 4 is 16.9 Å². The minimum Gasteiger partial charge on any atom is -0.394 e. The van der Waals surface area contributed by atoms with E-state index in [1.165, 1.54) is 6.33 Å². The number of fused-ring (bicyclic) bond motifs is 1. The predicted octanol–water partition coefficient (Wildman–Crippen LogP) is 0.271. The van der Waals surface area contributed by atoms with Crippen molar-refractivity contribution in [3.8, 4) is 0 Å². The Labute approximate surface area is 116 Å². The fraction of sp³-hybridized carbons (Fsp3) is 0.538. The summed E-state index contributed by atoms with van der Waals surface area (Å²) in [6, 6.07) is 0. The molecule has 7 heteroatoms. The Morgan fingerprint density at radius 3 is 2.85 bits per heavy atom. The summed E-state index contributed by atoms with van der Waals surface area (Å²) in [5.74, 6) is 0.437. The molecule has 0 radical (unpaired) electrons. The zero-order valence-electron chi connectivity index (χ0n) is 11.4. The monoisotopic (exact) mass is 278 g/mol. The summed E-state index contributed by atoms with van der Waals surface area (Å²) in [6.45, 7) is 3.72. The minimum atomic E-state index is -0.679. The average molecular weight is 278 g/mol. The second-order valence-corrected chi connectivity index (χ2v) is 5.15. The van der Waals surface area contributed by atoms with Gasteiger partial charge in [-0.15, -0.1) is 0 Å².